The van der Waals surface area contributed by atoms with Crippen LogP contribution in [-0.2, 0) is 4.27 Å². The Bertz CT molecular complexity index is 22.4. The van der Waals surface area contributed by atoms with Crippen molar-refractivity contribution in [2.75, 3.05) is 0 Å². The van der Waals surface area contributed by atoms with Gasteiger partial charge in [-0.1, -0.05) is 0 Å². The van der Waals surface area contributed by atoms with Gasteiger partial charge < -0.3 is 0 Å². The normalized spacial score (nSPS) is 12.0. The molecule has 0 atom stereocenters. The van der Waals surface area contributed by atoms with Crippen molar-refractivity contribution in [1.29, 1.82) is 0 Å². The van der Waals surface area contributed by atoms with Crippen LogP contribution in [0, 0.1) is 0 Å². The van der Waals surface area contributed by atoms with Crippen molar-refractivity contribution in [3.05, 3.63) is 0 Å². The Morgan fingerprint density at radius 3 is 1.20 bits per heavy atom. The molecule has 0 saturated carbocycles. The summed E-state index contributed by atoms with van der Waals surface area (Å²) in [6, 6.07) is 0. The molecule has 0 nitrogen and oxygen atoms in total. The van der Waals surface area contributed by atoms with Crippen molar-refractivity contribution >= 4 is 59.9 Å². The molecule has 0 aliphatic carbocycles. The Hall–Kier alpha value is 2.70. The second-order valence-corrected chi connectivity index (χ2v) is 40.9. The van der Waals surface area contributed by atoms with Crippen molar-refractivity contribution < 1.29 is 7.68 Å². The Kier molecular flexibility index (Phi) is 4.44. The first kappa shape index (κ1) is 7.70. The van der Waals surface area contributed by atoms with Gasteiger partial charge in [-0.3, -0.25) is 0 Å². The summed E-state index contributed by atoms with van der Waals surface area (Å²) in [7, 11) is 0. The maximum atomic E-state index is 11.8. The van der Waals surface area contributed by atoms with Gasteiger partial charge in [-0.05, 0) is 0 Å². The summed E-state index contributed by atoms with van der Waals surface area (Å²) in [5, 5.41) is 0. The average Bonchev–Trinajstić information content (AvgIpc) is 0.722. The van der Waals surface area contributed by atoms with E-state index in [4.69, 9.17) is 0 Å². The molecular weight excluding hydrogens is 451 g/mol. The zero-order valence-electron chi connectivity index (χ0n) is 1.96. The second-order valence-electron chi connectivity index (χ2n) is 0.383. The predicted molar refractivity (Wildman–Crippen MR) is 43.2 cm³/mol. The molecule has 0 fully saturated rings. The number of halogens is 4. The molecule has 0 rings (SSSR count). The van der Waals surface area contributed by atoms with Gasteiger partial charge in [-0.15, -0.1) is 0 Å². The van der Waals surface area contributed by atoms with Gasteiger partial charge in [0.1, 0.15) is 0 Å². The molecule has 5 heavy (non-hydrogen) atoms. The quantitative estimate of drug-likeness (QED) is 0.498. The molecule has 0 heterocycles. The molecule has 0 amide bonds. The molecule has 0 aliphatic rings. The first-order valence-electron chi connectivity index (χ1n) is 0.676. The standard InChI is InChI=1S/FH.3HI.V/h4*1H;/q;;;;+4/p-4. The van der Waals surface area contributed by atoms with E-state index in [1.165, 1.54) is 0 Å². The molecule has 0 spiro atoms. The summed E-state index contributed by atoms with van der Waals surface area (Å²) in [5.41, 5.74) is 0. The van der Waals surface area contributed by atoms with Gasteiger partial charge in [0.2, 0.25) is 0 Å². The van der Waals surface area contributed by atoms with Crippen LogP contribution in [0.5, 0.6) is 0 Å². The van der Waals surface area contributed by atoms with Crippen LogP contribution in [0.25, 0.3) is 0 Å². The number of rotatable bonds is 0. The van der Waals surface area contributed by atoms with E-state index in [1.807, 2.05) is 59.9 Å². The van der Waals surface area contributed by atoms with Crippen molar-refractivity contribution in [3.63, 3.8) is 0 Å². The van der Waals surface area contributed by atoms with Gasteiger partial charge in [0.25, 0.3) is 0 Å². The van der Waals surface area contributed by atoms with Gasteiger partial charge >= 0.3 is 67.6 Å². The fraction of sp³-hybridized carbons (Fsp3) is 0. The Labute approximate surface area is 66.0 Å². The minimum atomic E-state index is -2.47. The van der Waals surface area contributed by atoms with Crippen LogP contribution in [0.4, 0.5) is 3.41 Å². The second kappa shape index (κ2) is 2.88. The summed E-state index contributed by atoms with van der Waals surface area (Å²) >= 11 is 5.57. The van der Waals surface area contributed by atoms with Crippen LogP contribution in [0.3, 0.4) is 0 Å². The van der Waals surface area contributed by atoms with Crippen molar-refractivity contribution in [3.8, 4) is 0 Å². The summed E-state index contributed by atoms with van der Waals surface area (Å²) in [4.78, 5) is 0. The van der Waals surface area contributed by atoms with Gasteiger partial charge in [0.05, 0.1) is 0 Å². The van der Waals surface area contributed by atoms with Crippen LogP contribution in [-0.4, -0.2) is 0 Å². The summed E-state index contributed by atoms with van der Waals surface area (Å²) < 4.78 is 9.35. The summed E-state index contributed by atoms with van der Waals surface area (Å²) in [5.74, 6) is 0. The van der Waals surface area contributed by atoms with Crippen LogP contribution >= 0.6 is 59.9 Å². The molecular formula is FI3V. The Morgan fingerprint density at radius 2 is 1.20 bits per heavy atom. The average molecular weight is 451 g/mol. The van der Waals surface area contributed by atoms with E-state index < -0.39 is 4.27 Å². The molecule has 0 unspecified atom stereocenters. The van der Waals surface area contributed by atoms with Crippen LogP contribution < -0.4 is 0 Å². The SMILES string of the molecule is [F][V]([I])([I])[I]. The summed E-state index contributed by atoms with van der Waals surface area (Å²) in [6.07, 6.45) is 0. The molecule has 0 saturated heterocycles. The minimum absolute atomic E-state index is 1.86. The van der Waals surface area contributed by atoms with E-state index in [1.54, 1.807) is 0 Å². The van der Waals surface area contributed by atoms with Gasteiger partial charge in [-0.2, -0.15) is 0 Å². The molecule has 0 aliphatic heterocycles. The first-order valence-corrected chi connectivity index (χ1v) is 14.7. The fourth-order valence-electron chi connectivity index (χ4n) is 0. The monoisotopic (exact) mass is 451 g/mol. The topological polar surface area (TPSA) is 0 Å². The van der Waals surface area contributed by atoms with E-state index in [-0.39, 0.29) is 0 Å². The summed E-state index contributed by atoms with van der Waals surface area (Å²) in [6.45, 7) is 0. The fourth-order valence-corrected chi connectivity index (χ4v) is 0. The molecule has 33 valence electrons. The van der Waals surface area contributed by atoms with Gasteiger partial charge in [-0.25, -0.2) is 0 Å². The van der Waals surface area contributed by atoms with E-state index >= 15 is 0 Å². The van der Waals surface area contributed by atoms with Crippen molar-refractivity contribution in [2.45, 2.75) is 0 Å². The van der Waals surface area contributed by atoms with Crippen LogP contribution in [0.15, 0.2) is 0 Å². The third-order valence-electron chi connectivity index (χ3n) is 0. The third-order valence-corrected chi connectivity index (χ3v) is 0. The molecule has 0 radical (unpaired) electrons. The number of hydrogen-bond acceptors (Lipinski definition) is 0. The molecule has 5 heteroatoms. The maximum absolute atomic E-state index is 11.8. The van der Waals surface area contributed by atoms with E-state index in [2.05, 4.69) is 0 Å². The van der Waals surface area contributed by atoms with Gasteiger partial charge in [0.15, 0.2) is 0 Å². The Balaban J connectivity index is 3.02. The number of hydrogen-bond donors (Lipinski definition) is 0. The molecule has 0 bridgehead atoms. The third kappa shape index (κ3) is 20.3. The first-order chi connectivity index (χ1) is 2.00. The van der Waals surface area contributed by atoms with E-state index in [0.29, 0.717) is 0 Å². The van der Waals surface area contributed by atoms with E-state index in [0.717, 1.165) is 0 Å². The molecule has 0 N–H and O–H groups in total. The van der Waals surface area contributed by atoms with Crippen LogP contribution in [0.1, 0.15) is 0 Å². The van der Waals surface area contributed by atoms with Crippen LogP contribution in [0.2, 0.25) is 0 Å². The molecule has 0 aromatic rings. The van der Waals surface area contributed by atoms with Crippen molar-refractivity contribution in [1.82, 2.24) is 0 Å². The van der Waals surface area contributed by atoms with Gasteiger partial charge in [0, 0.05) is 0 Å². The van der Waals surface area contributed by atoms with Crippen molar-refractivity contribution in [2.24, 2.45) is 0 Å². The molecule has 0 aromatic heterocycles. The Morgan fingerprint density at radius 1 is 1.20 bits per heavy atom. The van der Waals surface area contributed by atoms with E-state index in [9.17, 15) is 3.41 Å². The zero-order chi connectivity index (χ0) is 4.50. The zero-order valence-corrected chi connectivity index (χ0v) is 9.83. The predicted octanol–water partition coefficient (Wildman–Crippen LogP) is 3.07. The molecule has 0 aromatic carbocycles.